The zero-order valence-electron chi connectivity index (χ0n) is 11.8. The number of aromatic nitrogens is 2. The van der Waals surface area contributed by atoms with E-state index in [1.54, 1.807) is 0 Å². The van der Waals surface area contributed by atoms with Crippen LogP contribution in [0.25, 0.3) is 0 Å². The number of hydrogen-bond donors (Lipinski definition) is 1. The molecule has 1 aliphatic heterocycles. The van der Waals surface area contributed by atoms with Crippen LogP contribution in [0.2, 0.25) is 0 Å². The highest BCUT2D eigenvalue weighted by Crippen LogP contribution is 2.19. The molecule has 4 heteroatoms. The van der Waals surface area contributed by atoms with Crippen LogP contribution in [-0.4, -0.2) is 29.1 Å². The number of aryl methyl sites for hydroxylation is 1. The Morgan fingerprint density at radius 3 is 2.60 bits per heavy atom. The zero-order chi connectivity index (χ0) is 13.8. The molecule has 0 aliphatic carbocycles. The first-order chi connectivity index (χ1) is 9.81. The van der Waals surface area contributed by atoms with E-state index in [2.05, 4.69) is 39.2 Å². The topological polar surface area (TPSA) is 41.0 Å². The number of piperidine rings is 1. The Labute approximate surface area is 119 Å². The highest BCUT2D eigenvalue weighted by Gasteiger charge is 2.20. The second-order valence-electron chi connectivity index (χ2n) is 5.31. The molecular formula is C16H20N4. The molecule has 1 fully saturated rings. The van der Waals surface area contributed by atoms with Gasteiger partial charge in [-0.05, 0) is 43.5 Å². The van der Waals surface area contributed by atoms with Crippen molar-refractivity contribution in [2.75, 3.05) is 23.3 Å². The van der Waals surface area contributed by atoms with Gasteiger partial charge in [-0.15, -0.1) is 0 Å². The molecule has 2 aromatic rings. The third-order valence-corrected chi connectivity index (χ3v) is 3.73. The second-order valence-corrected chi connectivity index (χ2v) is 5.31. The van der Waals surface area contributed by atoms with Gasteiger partial charge in [0.25, 0.3) is 0 Å². The quantitative estimate of drug-likeness (QED) is 0.929. The minimum Gasteiger partial charge on any atom is -0.367 e. The second kappa shape index (κ2) is 5.90. The average Bonchev–Trinajstić information content (AvgIpc) is 2.50. The van der Waals surface area contributed by atoms with Crippen molar-refractivity contribution < 1.29 is 0 Å². The summed E-state index contributed by atoms with van der Waals surface area (Å²) in [6, 6.07) is 10.7. The normalized spacial score (nSPS) is 16.1. The van der Waals surface area contributed by atoms with Gasteiger partial charge >= 0.3 is 0 Å². The summed E-state index contributed by atoms with van der Waals surface area (Å²) in [5.41, 5.74) is 1.21. The first kappa shape index (κ1) is 12.9. The van der Waals surface area contributed by atoms with Crippen LogP contribution in [-0.2, 0) is 0 Å². The third kappa shape index (κ3) is 3.07. The van der Waals surface area contributed by atoms with Crippen molar-refractivity contribution in [2.45, 2.75) is 25.8 Å². The van der Waals surface area contributed by atoms with Gasteiger partial charge in [0.15, 0.2) is 0 Å². The van der Waals surface area contributed by atoms with Crippen LogP contribution in [0.3, 0.4) is 0 Å². The van der Waals surface area contributed by atoms with E-state index >= 15 is 0 Å². The summed E-state index contributed by atoms with van der Waals surface area (Å²) >= 11 is 0. The lowest BCUT2D eigenvalue weighted by atomic mass is 10.0. The Kier molecular flexibility index (Phi) is 3.81. The molecule has 0 aromatic carbocycles. The molecular weight excluding hydrogens is 248 g/mol. The van der Waals surface area contributed by atoms with Gasteiger partial charge in [0, 0.05) is 31.5 Å². The van der Waals surface area contributed by atoms with Gasteiger partial charge in [-0.3, -0.25) is 0 Å². The monoisotopic (exact) mass is 268 g/mol. The number of anilines is 2. The molecule has 1 N–H and O–H groups in total. The van der Waals surface area contributed by atoms with E-state index in [-0.39, 0.29) is 0 Å². The van der Waals surface area contributed by atoms with E-state index < -0.39 is 0 Å². The lowest BCUT2D eigenvalue weighted by Gasteiger charge is -2.33. The van der Waals surface area contributed by atoms with Crippen LogP contribution < -0.4 is 10.2 Å². The van der Waals surface area contributed by atoms with Gasteiger partial charge in [-0.2, -0.15) is 0 Å². The van der Waals surface area contributed by atoms with Crippen molar-refractivity contribution in [3.63, 3.8) is 0 Å². The molecule has 3 heterocycles. The van der Waals surface area contributed by atoms with Crippen LogP contribution in [0.1, 0.15) is 18.4 Å². The standard InChI is InChI=1S/C16H20N4/c1-13-5-6-16(18-12-13)20-10-7-14(8-11-20)19-15-4-2-3-9-17-15/h2-6,9,12,14H,7-8,10-11H2,1H3,(H,17,19). The van der Waals surface area contributed by atoms with Crippen molar-refractivity contribution in [2.24, 2.45) is 0 Å². The summed E-state index contributed by atoms with van der Waals surface area (Å²) in [5.74, 6) is 2.06. The number of pyridine rings is 2. The Morgan fingerprint density at radius 1 is 1.10 bits per heavy atom. The molecule has 0 unspecified atom stereocenters. The number of nitrogens with one attached hydrogen (secondary N) is 1. The van der Waals surface area contributed by atoms with E-state index in [9.17, 15) is 0 Å². The van der Waals surface area contributed by atoms with Crippen molar-refractivity contribution in [3.05, 3.63) is 48.3 Å². The fourth-order valence-electron chi connectivity index (χ4n) is 2.56. The first-order valence-corrected chi connectivity index (χ1v) is 7.16. The van der Waals surface area contributed by atoms with Gasteiger partial charge in [-0.1, -0.05) is 12.1 Å². The van der Waals surface area contributed by atoms with E-state index in [0.29, 0.717) is 6.04 Å². The van der Waals surface area contributed by atoms with Crippen molar-refractivity contribution >= 4 is 11.6 Å². The number of hydrogen-bond acceptors (Lipinski definition) is 4. The predicted molar refractivity (Wildman–Crippen MR) is 82.1 cm³/mol. The molecule has 0 spiro atoms. The minimum absolute atomic E-state index is 0.506. The maximum absolute atomic E-state index is 4.50. The Bertz CT molecular complexity index is 530. The maximum atomic E-state index is 4.50. The number of nitrogens with zero attached hydrogens (tertiary/aromatic N) is 3. The fourth-order valence-corrected chi connectivity index (χ4v) is 2.56. The van der Waals surface area contributed by atoms with Gasteiger partial charge in [0.1, 0.15) is 11.6 Å². The van der Waals surface area contributed by atoms with Crippen LogP contribution in [0, 0.1) is 6.92 Å². The lowest BCUT2D eigenvalue weighted by molar-refractivity contribution is 0.522. The molecule has 2 aromatic heterocycles. The molecule has 104 valence electrons. The Balaban J connectivity index is 1.55. The molecule has 4 nitrogen and oxygen atoms in total. The van der Waals surface area contributed by atoms with Gasteiger partial charge < -0.3 is 10.2 Å². The molecule has 1 saturated heterocycles. The molecule has 20 heavy (non-hydrogen) atoms. The Hall–Kier alpha value is -2.10. The van der Waals surface area contributed by atoms with Gasteiger partial charge in [0.05, 0.1) is 0 Å². The summed E-state index contributed by atoms with van der Waals surface area (Å²) in [6.07, 6.45) is 6.00. The molecule has 0 atom stereocenters. The molecule has 0 bridgehead atoms. The van der Waals surface area contributed by atoms with Gasteiger partial charge in [-0.25, -0.2) is 9.97 Å². The highest BCUT2D eigenvalue weighted by molar-refractivity contribution is 5.41. The molecule has 0 radical (unpaired) electrons. The summed E-state index contributed by atoms with van der Waals surface area (Å²) < 4.78 is 0. The molecule has 0 saturated carbocycles. The highest BCUT2D eigenvalue weighted by atomic mass is 15.2. The van der Waals surface area contributed by atoms with Crippen LogP contribution in [0.5, 0.6) is 0 Å². The first-order valence-electron chi connectivity index (χ1n) is 7.16. The lowest BCUT2D eigenvalue weighted by Crippen LogP contribution is -2.39. The van der Waals surface area contributed by atoms with Crippen molar-refractivity contribution in [1.82, 2.24) is 9.97 Å². The molecule has 0 amide bonds. The summed E-state index contributed by atoms with van der Waals surface area (Å²) in [7, 11) is 0. The summed E-state index contributed by atoms with van der Waals surface area (Å²) in [6.45, 7) is 4.15. The summed E-state index contributed by atoms with van der Waals surface area (Å²) in [5, 5.41) is 3.50. The summed E-state index contributed by atoms with van der Waals surface area (Å²) in [4.78, 5) is 11.2. The van der Waals surface area contributed by atoms with Gasteiger partial charge in [0.2, 0.25) is 0 Å². The number of rotatable bonds is 3. The largest absolute Gasteiger partial charge is 0.367 e. The van der Waals surface area contributed by atoms with Crippen molar-refractivity contribution in [3.8, 4) is 0 Å². The van der Waals surface area contributed by atoms with E-state index in [1.165, 1.54) is 5.56 Å². The van der Waals surface area contributed by atoms with Crippen LogP contribution >= 0.6 is 0 Å². The van der Waals surface area contributed by atoms with E-state index in [1.807, 2.05) is 30.6 Å². The molecule has 3 rings (SSSR count). The molecule has 1 aliphatic rings. The maximum Gasteiger partial charge on any atom is 0.128 e. The van der Waals surface area contributed by atoms with Crippen LogP contribution in [0.4, 0.5) is 11.6 Å². The fraction of sp³-hybridized carbons (Fsp3) is 0.375. The van der Waals surface area contributed by atoms with E-state index in [4.69, 9.17) is 0 Å². The average molecular weight is 268 g/mol. The predicted octanol–water partition coefficient (Wildman–Crippen LogP) is 2.87. The van der Waals surface area contributed by atoms with E-state index in [0.717, 1.165) is 37.6 Å². The Morgan fingerprint density at radius 2 is 1.95 bits per heavy atom. The smallest absolute Gasteiger partial charge is 0.128 e. The van der Waals surface area contributed by atoms with Crippen molar-refractivity contribution in [1.29, 1.82) is 0 Å². The minimum atomic E-state index is 0.506. The SMILES string of the molecule is Cc1ccc(N2CCC(Nc3ccccn3)CC2)nc1. The third-order valence-electron chi connectivity index (χ3n) is 3.73. The van der Waals surface area contributed by atoms with Crippen LogP contribution in [0.15, 0.2) is 42.7 Å². The zero-order valence-corrected chi connectivity index (χ0v) is 11.8.